The molecule has 0 spiro atoms. The number of halogens is 1. The summed E-state index contributed by atoms with van der Waals surface area (Å²) in [5.41, 5.74) is 4.91. The van der Waals surface area contributed by atoms with E-state index in [1.54, 1.807) is 0 Å². The summed E-state index contributed by atoms with van der Waals surface area (Å²) in [6.07, 6.45) is 7.57. The molecule has 1 unspecified atom stereocenters. The van der Waals surface area contributed by atoms with E-state index in [0.29, 0.717) is 12.2 Å². The SMILES string of the molecule is O=C(O)COc1cc2c(c3c1CCCC3CCNS(=O)(=O)c1ccc(F)cc1)CCCC2. The van der Waals surface area contributed by atoms with Gasteiger partial charge < -0.3 is 9.84 Å². The van der Waals surface area contributed by atoms with Crippen LogP contribution in [0.15, 0.2) is 35.2 Å². The number of sulfonamides is 1. The molecular weight excluding hydrogens is 433 g/mol. The summed E-state index contributed by atoms with van der Waals surface area (Å²) < 4.78 is 46.6. The van der Waals surface area contributed by atoms with Crippen LogP contribution in [0.1, 0.15) is 60.3 Å². The summed E-state index contributed by atoms with van der Waals surface area (Å²) in [6, 6.07) is 6.82. The number of benzene rings is 2. The van der Waals surface area contributed by atoms with Crippen molar-refractivity contribution in [3.8, 4) is 5.75 Å². The van der Waals surface area contributed by atoms with Gasteiger partial charge >= 0.3 is 5.97 Å². The fourth-order valence-electron chi connectivity index (χ4n) is 5.00. The molecular formula is C24H28FNO5S. The van der Waals surface area contributed by atoms with Crippen molar-refractivity contribution in [2.45, 2.75) is 62.2 Å². The van der Waals surface area contributed by atoms with E-state index in [9.17, 15) is 17.6 Å². The molecule has 0 fully saturated rings. The molecule has 0 radical (unpaired) electrons. The van der Waals surface area contributed by atoms with Crippen LogP contribution in [0.2, 0.25) is 0 Å². The van der Waals surface area contributed by atoms with Crippen LogP contribution >= 0.6 is 0 Å². The highest BCUT2D eigenvalue weighted by molar-refractivity contribution is 7.89. The van der Waals surface area contributed by atoms with E-state index in [2.05, 4.69) is 4.72 Å². The molecule has 2 N–H and O–H groups in total. The van der Waals surface area contributed by atoms with Crippen LogP contribution < -0.4 is 9.46 Å². The molecule has 8 heteroatoms. The van der Waals surface area contributed by atoms with Gasteiger partial charge in [-0.25, -0.2) is 22.3 Å². The van der Waals surface area contributed by atoms with Crippen LogP contribution in [0.3, 0.4) is 0 Å². The van der Waals surface area contributed by atoms with E-state index in [1.165, 1.54) is 28.8 Å². The maximum absolute atomic E-state index is 13.1. The van der Waals surface area contributed by atoms with Gasteiger partial charge in [-0.1, -0.05) is 0 Å². The summed E-state index contributed by atoms with van der Waals surface area (Å²) in [4.78, 5) is 11.1. The molecule has 0 bridgehead atoms. The molecule has 0 amide bonds. The summed E-state index contributed by atoms with van der Waals surface area (Å²) in [7, 11) is -3.71. The topological polar surface area (TPSA) is 92.7 Å². The van der Waals surface area contributed by atoms with Gasteiger partial charge in [-0.3, -0.25) is 0 Å². The Labute approximate surface area is 187 Å². The number of carboxylic acid groups (broad SMARTS) is 1. The van der Waals surface area contributed by atoms with E-state index in [-0.39, 0.29) is 24.0 Å². The Morgan fingerprint density at radius 1 is 1.09 bits per heavy atom. The molecule has 32 heavy (non-hydrogen) atoms. The molecule has 2 aliphatic carbocycles. The predicted octanol–water partition coefficient (Wildman–Crippen LogP) is 3.96. The van der Waals surface area contributed by atoms with Gasteiger partial charge in [0.1, 0.15) is 11.6 Å². The molecule has 0 heterocycles. The monoisotopic (exact) mass is 461 g/mol. The maximum atomic E-state index is 13.1. The zero-order valence-electron chi connectivity index (χ0n) is 17.9. The number of hydrogen-bond donors (Lipinski definition) is 2. The second-order valence-electron chi connectivity index (χ2n) is 8.52. The number of fused-ring (bicyclic) bond motifs is 3. The third kappa shape index (κ3) is 4.96. The Morgan fingerprint density at radius 2 is 1.81 bits per heavy atom. The fraction of sp³-hybridized carbons (Fsp3) is 0.458. The minimum Gasteiger partial charge on any atom is -0.482 e. The first kappa shape index (κ1) is 22.7. The average molecular weight is 462 g/mol. The number of carbonyl (C=O) groups is 1. The van der Waals surface area contributed by atoms with Crippen molar-refractivity contribution in [1.82, 2.24) is 4.72 Å². The van der Waals surface area contributed by atoms with E-state index in [4.69, 9.17) is 9.84 Å². The molecule has 2 aromatic carbocycles. The van der Waals surface area contributed by atoms with Crippen molar-refractivity contribution >= 4 is 16.0 Å². The lowest BCUT2D eigenvalue weighted by Gasteiger charge is -2.33. The maximum Gasteiger partial charge on any atom is 0.341 e. The average Bonchev–Trinajstić information content (AvgIpc) is 2.77. The Bertz CT molecular complexity index is 1100. The number of aliphatic carboxylic acids is 1. The first-order chi connectivity index (χ1) is 15.3. The molecule has 0 aliphatic heterocycles. The molecule has 4 rings (SSSR count). The highest BCUT2D eigenvalue weighted by atomic mass is 32.2. The quantitative estimate of drug-likeness (QED) is 0.621. The molecule has 0 saturated carbocycles. The number of rotatable bonds is 8. The molecule has 0 aromatic heterocycles. The van der Waals surface area contributed by atoms with Gasteiger partial charge in [-0.15, -0.1) is 0 Å². The lowest BCUT2D eigenvalue weighted by Crippen LogP contribution is -2.27. The molecule has 6 nitrogen and oxygen atoms in total. The van der Waals surface area contributed by atoms with Crippen LogP contribution in [0.25, 0.3) is 0 Å². The minimum atomic E-state index is -3.71. The van der Waals surface area contributed by atoms with Crippen molar-refractivity contribution in [2.24, 2.45) is 0 Å². The lowest BCUT2D eigenvalue weighted by molar-refractivity contribution is -0.139. The summed E-state index contributed by atoms with van der Waals surface area (Å²) in [5.74, 6) is -0.623. The molecule has 1 atom stereocenters. The van der Waals surface area contributed by atoms with Crippen LogP contribution in [-0.2, 0) is 34.1 Å². The van der Waals surface area contributed by atoms with Crippen LogP contribution in [0.4, 0.5) is 4.39 Å². The zero-order valence-corrected chi connectivity index (χ0v) is 18.7. The van der Waals surface area contributed by atoms with Gasteiger partial charge in [0.15, 0.2) is 6.61 Å². The molecule has 2 aliphatic rings. The van der Waals surface area contributed by atoms with Crippen molar-refractivity contribution in [2.75, 3.05) is 13.2 Å². The Hall–Kier alpha value is -2.45. The van der Waals surface area contributed by atoms with E-state index >= 15 is 0 Å². The summed E-state index contributed by atoms with van der Waals surface area (Å²) in [5, 5.41) is 9.06. The number of nitrogens with one attached hydrogen (secondary N) is 1. The summed E-state index contributed by atoms with van der Waals surface area (Å²) >= 11 is 0. The van der Waals surface area contributed by atoms with E-state index < -0.39 is 21.8 Å². The Morgan fingerprint density at radius 3 is 2.56 bits per heavy atom. The molecule has 2 aromatic rings. The second kappa shape index (κ2) is 9.58. The highest BCUT2D eigenvalue weighted by Crippen LogP contribution is 2.44. The third-order valence-electron chi connectivity index (χ3n) is 6.41. The molecule has 0 saturated heterocycles. The molecule has 172 valence electrons. The zero-order chi connectivity index (χ0) is 22.7. The highest BCUT2D eigenvalue weighted by Gasteiger charge is 2.29. The fourth-order valence-corrected chi connectivity index (χ4v) is 6.05. The van der Waals surface area contributed by atoms with Gasteiger partial charge in [0.25, 0.3) is 0 Å². The van der Waals surface area contributed by atoms with Gasteiger partial charge in [-0.05, 0) is 110 Å². The number of ether oxygens (including phenoxy) is 1. The minimum absolute atomic E-state index is 0.0460. The second-order valence-corrected chi connectivity index (χ2v) is 10.3. The normalized spacial score (nSPS) is 18.0. The van der Waals surface area contributed by atoms with Gasteiger partial charge in [0, 0.05) is 6.54 Å². The third-order valence-corrected chi connectivity index (χ3v) is 7.89. The van der Waals surface area contributed by atoms with Gasteiger partial charge in [0.2, 0.25) is 10.0 Å². The van der Waals surface area contributed by atoms with Crippen LogP contribution in [0, 0.1) is 5.82 Å². The standard InChI is InChI=1S/C24H28FNO5S/c25-18-8-10-19(11-9-18)32(29,30)26-13-12-16-5-3-7-21-22(31-15-23(27)28)14-17-4-1-2-6-20(17)24(16)21/h8-11,14,16,26H,1-7,12-13,15H2,(H,27,28). The van der Waals surface area contributed by atoms with Crippen molar-refractivity contribution in [3.63, 3.8) is 0 Å². The van der Waals surface area contributed by atoms with Crippen LogP contribution in [0.5, 0.6) is 5.75 Å². The smallest absolute Gasteiger partial charge is 0.341 e. The van der Waals surface area contributed by atoms with Gasteiger partial charge in [-0.2, -0.15) is 0 Å². The van der Waals surface area contributed by atoms with Crippen LogP contribution in [-0.4, -0.2) is 32.6 Å². The van der Waals surface area contributed by atoms with Gasteiger partial charge in [0.05, 0.1) is 4.90 Å². The number of hydrogen-bond acceptors (Lipinski definition) is 4. The Balaban J connectivity index is 1.55. The first-order valence-corrected chi connectivity index (χ1v) is 12.6. The van der Waals surface area contributed by atoms with Crippen molar-refractivity contribution < 1.29 is 27.4 Å². The number of aryl methyl sites for hydroxylation is 1. The van der Waals surface area contributed by atoms with E-state index in [1.807, 2.05) is 6.07 Å². The largest absolute Gasteiger partial charge is 0.482 e. The van der Waals surface area contributed by atoms with Crippen molar-refractivity contribution in [1.29, 1.82) is 0 Å². The number of carboxylic acids is 1. The Kier molecular flexibility index (Phi) is 6.81. The lowest BCUT2D eigenvalue weighted by atomic mass is 9.74. The summed E-state index contributed by atoms with van der Waals surface area (Å²) in [6.45, 7) is -0.0911. The van der Waals surface area contributed by atoms with E-state index in [0.717, 1.165) is 62.6 Å². The first-order valence-electron chi connectivity index (χ1n) is 11.1. The van der Waals surface area contributed by atoms with Crippen molar-refractivity contribution in [3.05, 3.63) is 58.4 Å². The predicted molar refractivity (Wildman–Crippen MR) is 118 cm³/mol.